The third-order valence-electron chi connectivity index (χ3n) is 4.20. The number of phenolic OH excluding ortho intramolecular Hbond substituents is 1. The van der Waals surface area contributed by atoms with Crippen LogP contribution in [-0.4, -0.2) is 16.8 Å². The van der Waals surface area contributed by atoms with Gasteiger partial charge in [-0.1, -0.05) is 42.5 Å². The molecule has 0 unspecified atom stereocenters. The molecule has 3 heteroatoms. The minimum Gasteiger partial charge on any atom is -0.507 e. The van der Waals surface area contributed by atoms with E-state index in [4.69, 9.17) is 4.74 Å². The topological polar surface area (TPSA) is 34.4 Å². The van der Waals surface area contributed by atoms with E-state index in [-0.39, 0.29) is 5.75 Å². The molecule has 118 valence electrons. The van der Waals surface area contributed by atoms with E-state index in [1.54, 1.807) is 13.2 Å². The third-order valence-corrected chi connectivity index (χ3v) is 4.20. The molecule has 24 heavy (non-hydrogen) atoms. The Morgan fingerprint density at radius 3 is 2.42 bits per heavy atom. The van der Waals surface area contributed by atoms with Crippen LogP contribution in [0.15, 0.2) is 78.9 Å². The van der Waals surface area contributed by atoms with Gasteiger partial charge in [0.25, 0.3) is 0 Å². The summed E-state index contributed by atoms with van der Waals surface area (Å²) in [6.45, 7) is 0. The van der Waals surface area contributed by atoms with Gasteiger partial charge in [0.2, 0.25) is 0 Å². The molecule has 0 aliphatic heterocycles. The lowest BCUT2D eigenvalue weighted by Gasteiger charge is -2.12. The summed E-state index contributed by atoms with van der Waals surface area (Å²) in [4.78, 5) is 0. The molecule has 0 aliphatic carbocycles. The van der Waals surface area contributed by atoms with E-state index < -0.39 is 0 Å². The second-order valence-corrected chi connectivity index (χ2v) is 5.64. The van der Waals surface area contributed by atoms with Crippen molar-refractivity contribution in [1.29, 1.82) is 0 Å². The fraction of sp³-hybridized carbons (Fsp3) is 0.0476. The normalized spacial score (nSPS) is 10.9. The first-order valence-electron chi connectivity index (χ1n) is 7.81. The molecule has 0 saturated carbocycles. The molecule has 1 heterocycles. The van der Waals surface area contributed by atoms with Crippen LogP contribution in [0.4, 0.5) is 0 Å². The molecule has 3 nitrogen and oxygen atoms in total. The quantitative estimate of drug-likeness (QED) is 0.576. The molecule has 4 rings (SSSR count). The summed E-state index contributed by atoms with van der Waals surface area (Å²) < 4.78 is 7.52. The zero-order chi connectivity index (χ0) is 16.5. The number of fused-ring (bicyclic) bond motifs is 1. The molecule has 4 aromatic rings. The van der Waals surface area contributed by atoms with Crippen LogP contribution in [-0.2, 0) is 0 Å². The summed E-state index contributed by atoms with van der Waals surface area (Å²) >= 11 is 0. The molecule has 3 aromatic carbocycles. The minimum absolute atomic E-state index is 0.284. The maximum absolute atomic E-state index is 10.3. The van der Waals surface area contributed by atoms with Crippen LogP contribution >= 0.6 is 0 Å². The Hall–Kier alpha value is -3.20. The van der Waals surface area contributed by atoms with Crippen LogP contribution in [0.1, 0.15) is 0 Å². The number of benzene rings is 3. The van der Waals surface area contributed by atoms with Crippen LogP contribution < -0.4 is 4.74 Å². The summed E-state index contributed by atoms with van der Waals surface area (Å²) in [5.74, 6) is 1.08. The van der Waals surface area contributed by atoms with Gasteiger partial charge in [-0.05, 0) is 35.9 Å². The number of aromatic nitrogens is 1. The standard InChI is InChI=1S/C21H17NO2/c1-24-17-10-5-9-16(13-17)22-19-11-6-12-21(23)18(19)14-20(22)15-7-3-2-4-8-15/h2-14,23H,1H3. The first kappa shape index (κ1) is 14.4. The van der Waals surface area contributed by atoms with E-state index in [1.807, 2.05) is 60.7 Å². The second kappa shape index (κ2) is 5.78. The lowest BCUT2D eigenvalue weighted by molar-refractivity contribution is 0.414. The van der Waals surface area contributed by atoms with Crippen molar-refractivity contribution in [3.8, 4) is 28.4 Å². The Kier molecular flexibility index (Phi) is 3.47. The Bertz CT molecular complexity index is 1000. The highest BCUT2D eigenvalue weighted by molar-refractivity contribution is 5.93. The summed E-state index contributed by atoms with van der Waals surface area (Å²) in [6, 6.07) is 25.7. The average molecular weight is 315 g/mol. The van der Waals surface area contributed by atoms with Gasteiger partial charge in [-0.2, -0.15) is 0 Å². The summed E-state index contributed by atoms with van der Waals surface area (Å²) in [7, 11) is 1.66. The van der Waals surface area contributed by atoms with E-state index in [9.17, 15) is 5.11 Å². The van der Waals surface area contributed by atoms with Crippen LogP contribution in [0.25, 0.3) is 27.8 Å². The number of hydrogen-bond acceptors (Lipinski definition) is 2. The molecule has 0 amide bonds. The number of nitrogens with zero attached hydrogens (tertiary/aromatic N) is 1. The fourth-order valence-corrected chi connectivity index (χ4v) is 3.06. The van der Waals surface area contributed by atoms with Crippen LogP contribution in [0.2, 0.25) is 0 Å². The van der Waals surface area contributed by atoms with Gasteiger partial charge < -0.3 is 14.4 Å². The Morgan fingerprint density at radius 1 is 0.833 bits per heavy atom. The van der Waals surface area contributed by atoms with Gasteiger partial charge in [0.1, 0.15) is 11.5 Å². The van der Waals surface area contributed by atoms with Crippen molar-refractivity contribution in [1.82, 2.24) is 4.57 Å². The Morgan fingerprint density at radius 2 is 1.62 bits per heavy atom. The maximum atomic E-state index is 10.3. The number of methoxy groups -OCH3 is 1. The molecule has 0 atom stereocenters. The van der Waals surface area contributed by atoms with Gasteiger partial charge in [-0.15, -0.1) is 0 Å². The first-order valence-corrected chi connectivity index (χ1v) is 7.81. The van der Waals surface area contributed by atoms with Crippen molar-refractivity contribution >= 4 is 10.9 Å². The Labute approximate surface area is 140 Å². The fourth-order valence-electron chi connectivity index (χ4n) is 3.06. The molecule has 0 spiro atoms. The molecule has 0 fully saturated rings. The van der Waals surface area contributed by atoms with Gasteiger partial charge >= 0.3 is 0 Å². The highest BCUT2D eigenvalue weighted by Gasteiger charge is 2.14. The van der Waals surface area contributed by atoms with Crippen molar-refractivity contribution in [2.45, 2.75) is 0 Å². The van der Waals surface area contributed by atoms with E-state index >= 15 is 0 Å². The zero-order valence-corrected chi connectivity index (χ0v) is 13.3. The number of phenols is 1. The van der Waals surface area contributed by atoms with Crippen molar-refractivity contribution in [2.24, 2.45) is 0 Å². The third kappa shape index (κ3) is 2.31. The van der Waals surface area contributed by atoms with Crippen LogP contribution in [0.5, 0.6) is 11.5 Å². The van der Waals surface area contributed by atoms with Crippen molar-refractivity contribution < 1.29 is 9.84 Å². The van der Waals surface area contributed by atoms with Crippen LogP contribution in [0.3, 0.4) is 0 Å². The van der Waals surface area contributed by atoms with Crippen molar-refractivity contribution in [3.05, 3.63) is 78.9 Å². The number of ether oxygens (including phenoxy) is 1. The first-order chi connectivity index (χ1) is 11.8. The molecule has 0 radical (unpaired) electrons. The second-order valence-electron chi connectivity index (χ2n) is 5.64. The average Bonchev–Trinajstić information content (AvgIpc) is 3.03. The van der Waals surface area contributed by atoms with Gasteiger partial charge in [-0.25, -0.2) is 0 Å². The predicted octanol–water partition coefficient (Wildman–Crippen LogP) is 5.01. The molecular weight excluding hydrogens is 298 g/mol. The predicted molar refractivity (Wildman–Crippen MR) is 96.9 cm³/mol. The van der Waals surface area contributed by atoms with Gasteiger partial charge in [-0.3, -0.25) is 0 Å². The van der Waals surface area contributed by atoms with E-state index in [0.29, 0.717) is 0 Å². The number of aromatic hydroxyl groups is 1. The van der Waals surface area contributed by atoms with Gasteiger partial charge in [0, 0.05) is 17.1 Å². The largest absolute Gasteiger partial charge is 0.507 e. The van der Waals surface area contributed by atoms with Gasteiger partial charge in [0.15, 0.2) is 0 Å². The highest BCUT2D eigenvalue weighted by Crippen LogP contribution is 2.36. The molecule has 1 aromatic heterocycles. The lowest BCUT2D eigenvalue weighted by atomic mass is 10.1. The molecule has 0 saturated heterocycles. The SMILES string of the molecule is COc1cccc(-n2c(-c3ccccc3)cc3c(O)cccc32)c1. The molecule has 1 N–H and O–H groups in total. The summed E-state index contributed by atoms with van der Waals surface area (Å²) in [5.41, 5.74) is 4.08. The molecule has 0 aliphatic rings. The van der Waals surface area contributed by atoms with Crippen LogP contribution in [0, 0.1) is 0 Å². The zero-order valence-electron chi connectivity index (χ0n) is 13.3. The van der Waals surface area contributed by atoms with E-state index in [2.05, 4.69) is 16.7 Å². The van der Waals surface area contributed by atoms with E-state index in [0.717, 1.165) is 33.6 Å². The maximum Gasteiger partial charge on any atom is 0.124 e. The molecular formula is C21H17NO2. The number of rotatable bonds is 3. The van der Waals surface area contributed by atoms with Crippen molar-refractivity contribution in [2.75, 3.05) is 7.11 Å². The number of hydrogen-bond donors (Lipinski definition) is 1. The monoisotopic (exact) mass is 315 g/mol. The van der Waals surface area contributed by atoms with Crippen molar-refractivity contribution in [3.63, 3.8) is 0 Å². The highest BCUT2D eigenvalue weighted by atomic mass is 16.5. The van der Waals surface area contributed by atoms with E-state index in [1.165, 1.54) is 0 Å². The Balaban J connectivity index is 2.06. The smallest absolute Gasteiger partial charge is 0.124 e. The lowest BCUT2D eigenvalue weighted by Crippen LogP contribution is -1.97. The summed E-state index contributed by atoms with van der Waals surface area (Å²) in [5, 5.41) is 11.1. The molecule has 0 bridgehead atoms. The minimum atomic E-state index is 0.284. The van der Waals surface area contributed by atoms with Gasteiger partial charge in [0.05, 0.1) is 18.3 Å². The summed E-state index contributed by atoms with van der Waals surface area (Å²) in [6.07, 6.45) is 0.